The van der Waals surface area contributed by atoms with E-state index < -0.39 is 5.60 Å². The molecule has 1 saturated heterocycles. The van der Waals surface area contributed by atoms with Crippen molar-refractivity contribution in [1.29, 1.82) is 0 Å². The average molecular weight is 457 g/mol. The Balaban J connectivity index is 1.71. The molecule has 1 fully saturated rings. The maximum atomic E-state index is 13.2. The summed E-state index contributed by atoms with van der Waals surface area (Å²) < 4.78 is 6.88. The number of benzene rings is 1. The SMILES string of the molecule is CC(C)N(CC1CCCN(C(=O)Cc2nn(C)c(=O)c3ccccc23)C1)C(=O)OC(C)(C)C. The number of aromatic nitrogens is 2. The number of carbonyl (C=O) groups is 2. The number of hydrogen-bond donors (Lipinski definition) is 0. The first-order valence-electron chi connectivity index (χ1n) is 11.7. The Bertz CT molecular complexity index is 1070. The van der Waals surface area contributed by atoms with Gasteiger partial charge in [-0.1, -0.05) is 18.2 Å². The quantitative estimate of drug-likeness (QED) is 0.689. The summed E-state index contributed by atoms with van der Waals surface area (Å²) in [5.41, 5.74) is -0.113. The monoisotopic (exact) mass is 456 g/mol. The van der Waals surface area contributed by atoms with Crippen LogP contribution in [0.4, 0.5) is 4.79 Å². The van der Waals surface area contributed by atoms with E-state index >= 15 is 0 Å². The Morgan fingerprint density at radius 3 is 2.52 bits per heavy atom. The van der Waals surface area contributed by atoms with Crippen molar-refractivity contribution >= 4 is 22.8 Å². The Morgan fingerprint density at radius 1 is 1.21 bits per heavy atom. The number of fused-ring (bicyclic) bond motifs is 1. The van der Waals surface area contributed by atoms with E-state index in [0.29, 0.717) is 30.7 Å². The zero-order chi connectivity index (χ0) is 24.3. The zero-order valence-corrected chi connectivity index (χ0v) is 20.6. The van der Waals surface area contributed by atoms with Gasteiger partial charge in [0.1, 0.15) is 5.60 Å². The van der Waals surface area contributed by atoms with Crippen LogP contribution in [0.3, 0.4) is 0 Å². The van der Waals surface area contributed by atoms with Crippen LogP contribution in [0.5, 0.6) is 0 Å². The number of hydrogen-bond acceptors (Lipinski definition) is 5. The molecule has 0 radical (unpaired) electrons. The molecule has 1 aliphatic rings. The molecule has 1 aromatic heterocycles. The van der Waals surface area contributed by atoms with Crippen LogP contribution in [-0.2, 0) is 23.0 Å². The number of amides is 2. The fourth-order valence-corrected chi connectivity index (χ4v) is 4.30. The summed E-state index contributed by atoms with van der Waals surface area (Å²) in [5.74, 6) is 0.173. The largest absolute Gasteiger partial charge is 0.444 e. The first kappa shape index (κ1) is 24.7. The van der Waals surface area contributed by atoms with Crippen molar-refractivity contribution in [2.75, 3.05) is 19.6 Å². The van der Waals surface area contributed by atoms with Crippen LogP contribution in [-0.4, -0.2) is 62.9 Å². The lowest BCUT2D eigenvalue weighted by Crippen LogP contribution is -2.48. The molecule has 2 heterocycles. The molecular weight excluding hydrogens is 420 g/mol. The van der Waals surface area contributed by atoms with Gasteiger partial charge in [-0.3, -0.25) is 9.59 Å². The minimum atomic E-state index is -0.551. The van der Waals surface area contributed by atoms with Gasteiger partial charge in [-0.25, -0.2) is 9.48 Å². The van der Waals surface area contributed by atoms with E-state index in [0.717, 1.165) is 18.2 Å². The van der Waals surface area contributed by atoms with Gasteiger partial charge in [-0.15, -0.1) is 0 Å². The van der Waals surface area contributed by atoms with Crippen LogP contribution in [0.15, 0.2) is 29.1 Å². The molecule has 0 spiro atoms. The Kier molecular flexibility index (Phi) is 7.44. The molecule has 33 heavy (non-hydrogen) atoms. The molecule has 8 heteroatoms. The number of rotatable bonds is 5. The standard InChI is InChI=1S/C25H36N4O4/c1-17(2)29(24(32)33-25(3,4)5)16-18-10-9-13-28(15-18)22(30)14-21-19-11-7-8-12-20(19)23(31)27(6)26-21/h7-8,11-12,17-18H,9-10,13-16H2,1-6H3. The fraction of sp³-hybridized carbons (Fsp3) is 0.600. The fourth-order valence-electron chi connectivity index (χ4n) is 4.30. The van der Waals surface area contributed by atoms with Crippen LogP contribution < -0.4 is 5.56 Å². The van der Waals surface area contributed by atoms with E-state index in [-0.39, 0.29) is 35.9 Å². The zero-order valence-electron chi connectivity index (χ0n) is 20.6. The van der Waals surface area contributed by atoms with Gasteiger partial charge >= 0.3 is 6.09 Å². The third kappa shape index (κ3) is 6.12. The van der Waals surface area contributed by atoms with Crippen LogP contribution >= 0.6 is 0 Å². The molecule has 1 atom stereocenters. The summed E-state index contributed by atoms with van der Waals surface area (Å²) in [6.07, 6.45) is 1.66. The highest BCUT2D eigenvalue weighted by Gasteiger charge is 2.30. The van der Waals surface area contributed by atoms with E-state index in [2.05, 4.69) is 5.10 Å². The first-order chi connectivity index (χ1) is 15.5. The van der Waals surface area contributed by atoms with Gasteiger partial charge in [0.2, 0.25) is 5.91 Å². The van der Waals surface area contributed by atoms with E-state index in [1.165, 1.54) is 4.68 Å². The molecule has 0 N–H and O–H groups in total. The van der Waals surface area contributed by atoms with E-state index in [9.17, 15) is 14.4 Å². The van der Waals surface area contributed by atoms with Crippen molar-refractivity contribution in [3.8, 4) is 0 Å². The lowest BCUT2D eigenvalue weighted by atomic mass is 9.96. The topological polar surface area (TPSA) is 84.7 Å². The Morgan fingerprint density at radius 2 is 1.88 bits per heavy atom. The maximum Gasteiger partial charge on any atom is 0.410 e. The normalized spacial score (nSPS) is 16.8. The molecule has 3 rings (SSSR count). The number of ether oxygens (including phenoxy) is 1. The molecule has 2 aromatic rings. The molecule has 0 bridgehead atoms. The number of likely N-dealkylation sites (tertiary alicyclic amines) is 1. The molecule has 0 aliphatic carbocycles. The van der Waals surface area contributed by atoms with Gasteiger partial charge in [-0.05, 0) is 59.4 Å². The third-order valence-corrected chi connectivity index (χ3v) is 5.93. The number of piperidine rings is 1. The van der Waals surface area contributed by atoms with Gasteiger partial charge in [0, 0.05) is 38.1 Å². The van der Waals surface area contributed by atoms with E-state index in [1.807, 2.05) is 57.7 Å². The predicted molar refractivity (Wildman–Crippen MR) is 128 cm³/mol. The second kappa shape index (κ2) is 9.93. The minimum absolute atomic E-state index is 0.00657. The summed E-state index contributed by atoms with van der Waals surface area (Å²) in [6, 6.07) is 7.28. The molecule has 8 nitrogen and oxygen atoms in total. The van der Waals surface area contributed by atoms with Crippen molar-refractivity contribution in [2.45, 2.75) is 65.5 Å². The Labute approximate surface area is 195 Å². The second-order valence-corrected chi connectivity index (χ2v) is 10.2. The number of nitrogens with zero attached hydrogens (tertiary/aromatic N) is 4. The smallest absolute Gasteiger partial charge is 0.410 e. The maximum absolute atomic E-state index is 13.2. The molecule has 1 aromatic carbocycles. The summed E-state index contributed by atoms with van der Waals surface area (Å²) in [6.45, 7) is 11.4. The molecule has 1 unspecified atom stereocenters. The van der Waals surface area contributed by atoms with Gasteiger partial charge in [0.25, 0.3) is 5.56 Å². The van der Waals surface area contributed by atoms with Gasteiger partial charge in [-0.2, -0.15) is 5.10 Å². The van der Waals surface area contributed by atoms with Crippen LogP contribution in [0, 0.1) is 5.92 Å². The van der Waals surface area contributed by atoms with Crippen LogP contribution in [0.2, 0.25) is 0 Å². The molecule has 0 saturated carbocycles. The second-order valence-electron chi connectivity index (χ2n) is 10.2. The highest BCUT2D eigenvalue weighted by Crippen LogP contribution is 2.22. The average Bonchev–Trinajstić information content (AvgIpc) is 2.74. The highest BCUT2D eigenvalue weighted by molar-refractivity contribution is 5.88. The molecule has 2 amide bonds. The van der Waals surface area contributed by atoms with Gasteiger partial charge in [0.15, 0.2) is 0 Å². The summed E-state index contributed by atoms with van der Waals surface area (Å²) in [7, 11) is 1.61. The Hall–Kier alpha value is -2.90. The third-order valence-electron chi connectivity index (χ3n) is 5.93. The summed E-state index contributed by atoms with van der Waals surface area (Å²) in [4.78, 5) is 41.9. The van der Waals surface area contributed by atoms with E-state index in [1.54, 1.807) is 18.0 Å². The lowest BCUT2D eigenvalue weighted by molar-refractivity contribution is -0.132. The molecular formula is C25H36N4O4. The van der Waals surface area contributed by atoms with Gasteiger partial charge < -0.3 is 14.5 Å². The number of carbonyl (C=O) groups excluding carboxylic acids is 2. The molecule has 1 aliphatic heterocycles. The van der Waals surface area contributed by atoms with Crippen LogP contribution in [0.25, 0.3) is 10.8 Å². The van der Waals surface area contributed by atoms with E-state index in [4.69, 9.17) is 4.74 Å². The van der Waals surface area contributed by atoms with Crippen molar-refractivity contribution in [1.82, 2.24) is 19.6 Å². The minimum Gasteiger partial charge on any atom is -0.444 e. The predicted octanol–water partition coefficient (Wildman–Crippen LogP) is 3.36. The number of aryl methyl sites for hydroxylation is 1. The van der Waals surface area contributed by atoms with Gasteiger partial charge in [0.05, 0.1) is 17.5 Å². The first-order valence-corrected chi connectivity index (χ1v) is 11.7. The molecule has 180 valence electrons. The van der Waals surface area contributed by atoms with Crippen molar-refractivity contribution in [2.24, 2.45) is 13.0 Å². The summed E-state index contributed by atoms with van der Waals surface area (Å²) in [5, 5.41) is 5.66. The highest BCUT2D eigenvalue weighted by atomic mass is 16.6. The van der Waals surface area contributed by atoms with Crippen molar-refractivity contribution < 1.29 is 14.3 Å². The van der Waals surface area contributed by atoms with Crippen molar-refractivity contribution in [3.05, 3.63) is 40.3 Å². The lowest BCUT2D eigenvalue weighted by Gasteiger charge is -2.37. The van der Waals surface area contributed by atoms with Crippen LogP contribution in [0.1, 0.15) is 53.2 Å². The summed E-state index contributed by atoms with van der Waals surface area (Å²) >= 11 is 0. The van der Waals surface area contributed by atoms with Crippen molar-refractivity contribution in [3.63, 3.8) is 0 Å².